The standard InChI is InChI=1S/C21H30O3/c1-20(2)11-5-12-21(3)17(8-6-15-10-13-24-14-15)16(19(22)23-4)7-9-18(20)21/h7,10,13-14,17-18H,5-6,8-9,11-12H2,1-4H3/t17-,18-,21+/m0/s1. The lowest BCUT2D eigenvalue weighted by Gasteiger charge is -2.56. The zero-order chi connectivity index (χ0) is 17.4. The maximum Gasteiger partial charge on any atom is 0.333 e. The Balaban J connectivity index is 1.92. The largest absolute Gasteiger partial charge is 0.472 e. The predicted molar refractivity (Wildman–Crippen MR) is 94.5 cm³/mol. The normalized spacial score (nSPS) is 31.9. The maximum atomic E-state index is 12.4. The first-order valence-electron chi connectivity index (χ1n) is 9.18. The van der Waals surface area contributed by atoms with Crippen LogP contribution in [0.25, 0.3) is 0 Å². The fraction of sp³-hybridized carbons (Fsp3) is 0.667. The molecule has 3 atom stereocenters. The molecular formula is C21H30O3. The average molecular weight is 330 g/mol. The summed E-state index contributed by atoms with van der Waals surface area (Å²) in [6, 6.07) is 2.02. The zero-order valence-corrected chi connectivity index (χ0v) is 15.4. The smallest absolute Gasteiger partial charge is 0.333 e. The van der Waals surface area contributed by atoms with Crippen molar-refractivity contribution in [3.63, 3.8) is 0 Å². The Morgan fingerprint density at radius 2 is 2.12 bits per heavy atom. The van der Waals surface area contributed by atoms with Gasteiger partial charge in [0.2, 0.25) is 0 Å². The van der Waals surface area contributed by atoms with Gasteiger partial charge in [0.15, 0.2) is 0 Å². The molecular weight excluding hydrogens is 300 g/mol. The Hall–Kier alpha value is -1.51. The molecule has 1 aromatic heterocycles. The number of ether oxygens (including phenoxy) is 1. The van der Waals surface area contributed by atoms with Crippen LogP contribution in [0.4, 0.5) is 0 Å². The molecule has 3 nitrogen and oxygen atoms in total. The van der Waals surface area contributed by atoms with Crippen LogP contribution in [0.2, 0.25) is 0 Å². The summed E-state index contributed by atoms with van der Waals surface area (Å²) in [5, 5.41) is 0. The van der Waals surface area contributed by atoms with Crippen molar-refractivity contribution in [1.29, 1.82) is 0 Å². The Morgan fingerprint density at radius 1 is 1.33 bits per heavy atom. The van der Waals surface area contributed by atoms with Crippen molar-refractivity contribution in [1.82, 2.24) is 0 Å². The van der Waals surface area contributed by atoms with E-state index in [0.29, 0.717) is 11.3 Å². The molecule has 0 saturated heterocycles. The number of esters is 1. The number of hydrogen-bond donors (Lipinski definition) is 0. The number of carbonyl (C=O) groups excluding carboxylic acids is 1. The van der Waals surface area contributed by atoms with E-state index >= 15 is 0 Å². The average Bonchev–Trinajstić information content (AvgIpc) is 3.04. The summed E-state index contributed by atoms with van der Waals surface area (Å²) < 4.78 is 10.3. The van der Waals surface area contributed by atoms with Crippen molar-refractivity contribution in [2.75, 3.05) is 7.11 Å². The van der Waals surface area contributed by atoms with Crippen LogP contribution in [0.15, 0.2) is 34.7 Å². The van der Waals surface area contributed by atoms with E-state index in [9.17, 15) is 4.79 Å². The molecule has 3 heteroatoms. The van der Waals surface area contributed by atoms with Crippen LogP contribution in [0.5, 0.6) is 0 Å². The Morgan fingerprint density at radius 3 is 2.79 bits per heavy atom. The van der Waals surface area contributed by atoms with Gasteiger partial charge in [-0.1, -0.05) is 33.3 Å². The highest BCUT2D eigenvalue weighted by Gasteiger charge is 2.53. The highest BCUT2D eigenvalue weighted by atomic mass is 16.5. The van der Waals surface area contributed by atoms with Crippen molar-refractivity contribution in [3.05, 3.63) is 35.8 Å². The molecule has 2 aliphatic carbocycles. The third kappa shape index (κ3) is 2.94. The number of methoxy groups -OCH3 is 1. The molecule has 0 aliphatic heterocycles. The highest BCUT2D eigenvalue weighted by molar-refractivity contribution is 5.89. The van der Waals surface area contributed by atoms with Gasteiger partial charge in [-0.25, -0.2) is 4.79 Å². The van der Waals surface area contributed by atoms with Crippen molar-refractivity contribution in [2.45, 2.75) is 59.3 Å². The number of hydrogen-bond acceptors (Lipinski definition) is 3. The van der Waals surface area contributed by atoms with E-state index in [0.717, 1.165) is 24.8 Å². The first kappa shape index (κ1) is 17.3. The minimum absolute atomic E-state index is 0.143. The number of carbonyl (C=O) groups is 1. The van der Waals surface area contributed by atoms with Gasteiger partial charge >= 0.3 is 5.97 Å². The van der Waals surface area contributed by atoms with E-state index < -0.39 is 0 Å². The molecule has 0 bridgehead atoms. The minimum Gasteiger partial charge on any atom is -0.472 e. The van der Waals surface area contributed by atoms with Gasteiger partial charge in [-0.15, -0.1) is 0 Å². The summed E-state index contributed by atoms with van der Waals surface area (Å²) in [6.07, 6.45) is 12.4. The van der Waals surface area contributed by atoms with Gasteiger partial charge in [0.1, 0.15) is 0 Å². The number of furan rings is 1. The molecule has 0 radical (unpaired) electrons. The van der Waals surface area contributed by atoms with E-state index in [4.69, 9.17) is 9.15 Å². The lowest BCUT2D eigenvalue weighted by atomic mass is 9.48. The van der Waals surface area contributed by atoms with Crippen LogP contribution >= 0.6 is 0 Å². The van der Waals surface area contributed by atoms with Gasteiger partial charge in [0, 0.05) is 5.57 Å². The maximum absolute atomic E-state index is 12.4. The number of allylic oxidation sites excluding steroid dienone is 1. The van der Waals surface area contributed by atoms with Crippen LogP contribution in [-0.2, 0) is 16.0 Å². The lowest BCUT2D eigenvalue weighted by molar-refractivity contribution is -0.139. The molecule has 0 amide bonds. The first-order valence-corrected chi connectivity index (χ1v) is 9.18. The number of aryl methyl sites for hydroxylation is 1. The zero-order valence-electron chi connectivity index (χ0n) is 15.4. The van der Waals surface area contributed by atoms with Crippen molar-refractivity contribution < 1.29 is 13.9 Å². The van der Waals surface area contributed by atoms with Crippen molar-refractivity contribution >= 4 is 5.97 Å². The van der Waals surface area contributed by atoms with Crippen LogP contribution in [0.1, 0.15) is 58.4 Å². The summed E-state index contributed by atoms with van der Waals surface area (Å²) in [4.78, 5) is 12.4. The molecule has 0 aromatic carbocycles. The van der Waals surface area contributed by atoms with Crippen LogP contribution < -0.4 is 0 Å². The monoisotopic (exact) mass is 330 g/mol. The Bertz CT molecular complexity index is 611. The molecule has 0 unspecified atom stereocenters. The fourth-order valence-corrected chi connectivity index (χ4v) is 5.49. The molecule has 1 aromatic rings. The number of rotatable bonds is 4. The molecule has 132 valence electrons. The summed E-state index contributed by atoms with van der Waals surface area (Å²) in [5.41, 5.74) is 2.61. The SMILES string of the molecule is COC(=O)C1=CC[C@H]2C(C)(C)CCC[C@]2(C)[C@H]1CCc1ccoc1. The molecule has 0 spiro atoms. The highest BCUT2D eigenvalue weighted by Crippen LogP contribution is 2.60. The minimum atomic E-state index is -0.143. The van der Waals surface area contributed by atoms with Gasteiger partial charge < -0.3 is 9.15 Å². The second-order valence-electron chi connectivity index (χ2n) is 8.51. The van der Waals surface area contributed by atoms with E-state index in [-0.39, 0.29) is 17.3 Å². The topological polar surface area (TPSA) is 39.4 Å². The predicted octanol–water partition coefficient (Wildman–Crippen LogP) is 5.16. The van der Waals surface area contributed by atoms with Gasteiger partial charge in [-0.05, 0) is 66.4 Å². The van der Waals surface area contributed by atoms with Crippen molar-refractivity contribution in [3.8, 4) is 0 Å². The van der Waals surface area contributed by atoms with Gasteiger partial charge in [0.25, 0.3) is 0 Å². The second-order valence-corrected chi connectivity index (χ2v) is 8.51. The van der Waals surface area contributed by atoms with Crippen molar-refractivity contribution in [2.24, 2.45) is 22.7 Å². The van der Waals surface area contributed by atoms with E-state index in [1.165, 1.54) is 31.9 Å². The lowest BCUT2D eigenvalue weighted by Crippen LogP contribution is -2.49. The van der Waals surface area contributed by atoms with E-state index in [1.54, 1.807) is 6.26 Å². The molecule has 1 heterocycles. The molecule has 1 saturated carbocycles. The first-order chi connectivity index (χ1) is 11.4. The fourth-order valence-electron chi connectivity index (χ4n) is 5.49. The third-order valence-corrected chi connectivity index (χ3v) is 6.74. The van der Waals surface area contributed by atoms with Gasteiger partial charge in [-0.2, -0.15) is 0 Å². The van der Waals surface area contributed by atoms with E-state index in [2.05, 4.69) is 26.8 Å². The van der Waals surface area contributed by atoms with Crippen LogP contribution in [0, 0.1) is 22.7 Å². The molecule has 1 fully saturated rings. The summed E-state index contributed by atoms with van der Waals surface area (Å²) in [7, 11) is 1.50. The Kier molecular flexibility index (Phi) is 4.63. The molecule has 2 aliphatic rings. The Labute approximate surface area is 145 Å². The van der Waals surface area contributed by atoms with Crippen LogP contribution in [-0.4, -0.2) is 13.1 Å². The quantitative estimate of drug-likeness (QED) is 0.715. The van der Waals surface area contributed by atoms with Gasteiger partial charge in [0.05, 0.1) is 19.6 Å². The summed E-state index contributed by atoms with van der Waals surface area (Å²) in [5.74, 6) is 0.745. The second kappa shape index (κ2) is 6.42. The molecule has 0 N–H and O–H groups in total. The molecule has 3 rings (SSSR count). The third-order valence-electron chi connectivity index (χ3n) is 6.74. The number of fused-ring (bicyclic) bond motifs is 1. The van der Waals surface area contributed by atoms with E-state index in [1.807, 2.05) is 12.3 Å². The summed E-state index contributed by atoms with van der Waals surface area (Å²) >= 11 is 0. The van der Waals surface area contributed by atoms with Gasteiger partial charge in [-0.3, -0.25) is 0 Å². The molecule has 24 heavy (non-hydrogen) atoms. The summed E-state index contributed by atoms with van der Waals surface area (Å²) in [6.45, 7) is 7.22. The van der Waals surface area contributed by atoms with Crippen LogP contribution in [0.3, 0.4) is 0 Å².